The van der Waals surface area contributed by atoms with Gasteiger partial charge >= 0.3 is 0 Å². The first kappa shape index (κ1) is 28.2. The summed E-state index contributed by atoms with van der Waals surface area (Å²) in [6.45, 7) is 2.64. The fourth-order valence-electron chi connectivity index (χ4n) is 5.63. The Bertz CT molecular complexity index is 1260. The SMILES string of the molecule is CCOc1cc(C=C2SC(=NC3CCCCC3)N(C3CCCCC3)C2=O)ccc1OCc1ccc([N+](=O)[O-])cc1. The lowest BCUT2D eigenvalue weighted by Gasteiger charge is -2.31. The standard InChI is InChI=1S/C31H37N3O5S/c1-2-38-28-19-23(15-18-27(28)39-21-22-13-16-26(17-14-22)34(36)37)20-29-30(35)33(25-11-7-4-8-12-25)31(40-29)32-24-9-5-3-6-10-24/h13-20,24-25H,2-12,21H2,1H3. The predicted molar refractivity (Wildman–Crippen MR) is 159 cm³/mol. The molecular weight excluding hydrogens is 526 g/mol. The summed E-state index contributed by atoms with van der Waals surface area (Å²) in [6.07, 6.45) is 13.5. The number of nitrogens with zero attached hydrogens (tertiary/aromatic N) is 3. The van der Waals surface area contributed by atoms with Crippen LogP contribution in [0.4, 0.5) is 5.69 Å². The highest BCUT2D eigenvalue weighted by Gasteiger charge is 2.39. The third-order valence-corrected chi connectivity index (χ3v) is 8.75. The van der Waals surface area contributed by atoms with Crippen LogP contribution in [0.1, 0.15) is 82.3 Å². The second-order valence-electron chi connectivity index (χ2n) is 10.6. The molecule has 3 aliphatic rings. The molecule has 3 fully saturated rings. The van der Waals surface area contributed by atoms with E-state index < -0.39 is 4.92 Å². The number of thioether (sulfide) groups is 1. The Hall–Kier alpha value is -3.33. The number of carbonyl (C=O) groups excluding carboxylic acids is 1. The largest absolute Gasteiger partial charge is 0.490 e. The van der Waals surface area contributed by atoms with Crippen molar-refractivity contribution in [1.82, 2.24) is 4.90 Å². The Morgan fingerprint density at radius 2 is 1.68 bits per heavy atom. The van der Waals surface area contributed by atoms with E-state index >= 15 is 0 Å². The normalized spacial score (nSPS) is 20.8. The van der Waals surface area contributed by atoms with Crippen molar-refractivity contribution < 1.29 is 19.2 Å². The molecule has 2 aromatic rings. The molecule has 8 nitrogen and oxygen atoms in total. The quantitative estimate of drug-likeness (QED) is 0.178. The lowest BCUT2D eigenvalue weighted by molar-refractivity contribution is -0.384. The summed E-state index contributed by atoms with van der Waals surface area (Å²) in [7, 11) is 0. The number of hydrogen-bond acceptors (Lipinski definition) is 7. The van der Waals surface area contributed by atoms with Crippen LogP contribution in [-0.4, -0.2) is 39.6 Å². The number of amidine groups is 1. The van der Waals surface area contributed by atoms with Gasteiger partial charge in [0, 0.05) is 18.2 Å². The van der Waals surface area contributed by atoms with Gasteiger partial charge in [-0.15, -0.1) is 0 Å². The van der Waals surface area contributed by atoms with Crippen LogP contribution in [0.2, 0.25) is 0 Å². The zero-order chi connectivity index (χ0) is 27.9. The van der Waals surface area contributed by atoms with Gasteiger partial charge in [-0.2, -0.15) is 0 Å². The van der Waals surface area contributed by atoms with Crippen molar-refractivity contribution in [2.24, 2.45) is 4.99 Å². The fraction of sp³-hybridized carbons (Fsp3) is 0.484. The molecule has 0 atom stereocenters. The van der Waals surface area contributed by atoms with Crippen molar-refractivity contribution in [1.29, 1.82) is 0 Å². The first-order chi connectivity index (χ1) is 19.5. The number of non-ortho nitro benzene ring substituents is 1. The third kappa shape index (κ3) is 6.86. The third-order valence-electron chi connectivity index (χ3n) is 7.75. The summed E-state index contributed by atoms with van der Waals surface area (Å²) >= 11 is 1.51. The number of nitro groups is 1. The summed E-state index contributed by atoms with van der Waals surface area (Å²) in [5.41, 5.74) is 1.73. The highest BCUT2D eigenvalue weighted by molar-refractivity contribution is 8.18. The molecule has 0 bridgehead atoms. The average Bonchev–Trinajstić information content (AvgIpc) is 3.27. The van der Waals surface area contributed by atoms with Crippen molar-refractivity contribution in [3.63, 3.8) is 0 Å². The van der Waals surface area contributed by atoms with Crippen molar-refractivity contribution in [2.75, 3.05) is 6.61 Å². The number of amides is 1. The van der Waals surface area contributed by atoms with E-state index in [1.54, 1.807) is 12.1 Å². The minimum Gasteiger partial charge on any atom is -0.490 e. The summed E-state index contributed by atoms with van der Waals surface area (Å²) in [5, 5.41) is 11.8. The van der Waals surface area contributed by atoms with Gasteiger partial charge in [0.2, 0.25) is 0 Å². The van der Waals surface area contributed by atoms with E-state index in [-0.39, 0.29) is 24.2 Å². The molecule has 212 valence electrons. The molecule has 1 aliphatic heterocycles. The Kier molecular flexibility index (Phi) is 9.41. The van der Waals surface area contributed by atoms with Crippen LogP contribution in [-0.2, 0) is 11.4 Å². The minimum absolute atomic E-state index is 0.0458. The van der Waals surface area contributed by atoms with Gasteiger partial charge in [-0.1, -0.05) is 44.6 Å². The maximum Gasteiger partial charge on any atom is 0.269 e. The molecule has 0 N–H and O–H groups in total. The van der Waals surface area contributed by atoms with Crippen molar-refractivity contribution in [3.8, 4) is 11.5 Å². The molecular formula is C31H37N3O5S. The zero-order valence-corrected chi connectivity index (χ0v) is 23.9. The van der Waals surface area contributed by atoms with Gasteiger partial charge in [-0.3, -0.25) is 24.8 Å². The van der Waals surface area contributed by atoms with E-state index in [2.05, 4.69) is 0 Å². The lowest BCUT2D eigenvalue weighted by atomic mass is 9.94. The molecule has 1 amide bonds. The topological polar surface area (TPSA) is 94.3 Å². The van der Waals surface area contributed by atoms with Crippen molar-refractivity contribution in [2.45, 2.75) is 89.8 Å². The zero-order valence-electron chi connectivity index (χ0n) is 23.0. The molecule has 40 heavy (non-hydrogen) atoms. The van der Waals surface area contributed by atoms with Crippen LogP contribution in [0.5, 0.6) is 11.5 Å². The summed E-state index contributed by atoms with van der Waals surface area (Å²) < 4.78 is 11.9. The first-order valence-electron chi connectivity index (χ1n) is 14.5. The maximum absolute atomic E-state index is 13.7. The summed E-state index contributed by atoms with van der Waals surface area (Å²) in [4.78, 5) is 32.0. The highest BCUT2D eigenvalue weighted by atomic mass is 32.2. The minimum atomic E-state index is -0.419. The molecule has 2 aliphatic carbocycles. The number of rotatable bonds is 9. The molecule has 2 aromatic carbocycles. The van der Waals surface area contributed by atoms with E-state index in [9.17, 15) is 14.9 Å². The highest BCUT2D eigenvalue weighted by Crippen LogP contribution is 2.39. The Balaban J connectivity index is 1.35. The second-order valence-corrected chi connectivity index (χ2v) is 11.6. The molecule has 0 aromatic heterocycles. The fourth-order valence-corrected chi connectivity index (χ4v) is 6.74. The van der Waals surface area contributed by atoms with Gasteiger partial charge in [0.05, 0.1) is 22.5 Å². The number of benzene rings is 2. The van der Waals surface area contributed by atoms with Crippen LogP contribution in [0.15, 0.2) is 52.4 Å². The monoisotopic (exact) mass is 563 g/mol. The number of carbonyl (C=O) groups is 1. The van der Waals surface area contributed by atoms with E-state index in [4.69, 9.17) is 14.5 Å². The molecule has 0 unspecified atom stereocenters. The summed E-state index contributed by atoms with van der Waals surface area (Å²) in [6, 6.07) is 12.5. The van der Waals surface area contributed by atoms with Gasteiger partial charge in [0.1, 0.15) is 6.61 Å². The van der Waals surface area contributed by atoms with E-state index in [0.717, 1.165) is 54.8 Å². The molecule has 2 saturated carbocycles. The molecule has 9 heteroatoms. The van der Waals surface area contributed by atoms with Crippen LogP contribution in [0.3, 0.4) is 0 Å². The van der Waals surface area contributed by atoms with Crippen LogP contribution >= 0.6 is 11.8 Å². The van der Waals surface area contributed by atoms with Crippen molar-refractivity contribution >= 4 is 34.6 Å². The Morgan fingerprint density at radius 3 is 2.35 bits per heavy atom. The van der Waals surface area contributed by atoms with Gasteiger partial charge in [-0.05, 0) is 85.8 Å². The van der Waals surface area contributed by atoms with Gasteiger partial charge in [-0.25, -0.2) is 0 Å². The van der Waals surface area contributed by atoms with Gasteiger partial charge in [0.25, 0.3) is 11.6 Å². The van der Waals surface area contributed by atoms with Gasteiger partial charge in [0.15, 0.2) is 16.7 Å². The lowest BCUT2D eigenvalue weighted by Crippen LogP contribution is -2.41. The number of hydrogen-bond donors (Lipinski definition) is 0. The van der Waals surface area contributed by atoms with Gasteiger partial charge < -0.3 is 9.47 Å². The molecule has 0 spiro atoms. The van der Waals surface area contributed by atoms with E-state index in [1.165, 1.54) is 49.6 Å². The Morgan fingerprint density at radius 1 is 0.975 bits per heavy atom. The van der Waals surface area contributed by atoms with E-state index in [1.807, 2.05) is 36.1 Å². The molecule has 0 radical (unpaired) electrons. The number of nitro benzene ring substituents is 1. The first-order valence-corrected chi connectivity index (χ1v) is 15.3. The van der Waals surface area contributed by atoms with E-state index in [0.29, 0.717) is 29.1 Å². The average molecular weight is 564 g/mol. The van der Waals surface area contributed by atoms with Crippen LogP contribution in [0, 0.1) is 10.1 Å². The number of aliphatic imine (C=N–C) groups is 1. The number of ether oxygens (including phenoxy) is 2. The smallest absolute Gasteiger partial charge is 0.269 e. The predicted octanol–water partition coefficient (Wildman–Crippen LogP) is 7.51. The molecule has 1 heterocycles. The summed E-state index contributed by atoms with van der Waals surface area (Å²) in [5.74, 6) is 1.23. The molecule has 1 saturated heterocycles. The Labute approximate surface area is 240 Å². The maximum atomic E-state index is 13.7. The molecule has 5 rings (SSSR count). The second kappa shape index (κ2) is 13.4. The van der Waals surface area contributed by atoms with Crippen LogP contribution < -0.4 is 9.47 Å². The van der Waals surface area contributed by atoms with Crippen LogP contribution in [0.25, 0.3) is 6.08 Å². The van der Waals surface area contributed by atoms with Crippen molar-refractivity contribution in [3.05, 3.63) is 68.6 Å².